The molecule has 0 bridgehead atoms. The monoisotopic (exact) mass is 524 g/mol. The minimum atomic E-state index is -0.113. The van der Waals surface area contributed by atoms with Gasteiger partial charge in [0, 0.05) is 59.5 Å². The van der Waals surface area contributed by atoms with Gasteiger partial charge in [-0.3, -0.25) is 14.5 Å². The van der Waals surface area contributed by atoms with Crippen LogP contribution < -0.4 is 10.6 Å². The van der Waals surface area contributed by atoms with E-state index < -0.39 is 0 Å². The van der Waals surface area contributed by atoms with Gasteiger partial charge < -0.3 is 25.2 Å². The predicted molar refractivity (Wildman–Crippen MR) is 125 cm³/mol. The second-order valence-electron chi connectivity index (χ2n) is 7.22. The lowest BCUT2D eigenvalue weighted by Crippen LogP contribution is -2.54. The number of piperidine rings is 1. The number of halogens is 1. The van der Waals surface area contributed by atoms with Crippen molar-refractivity contribution >= 4 is 41.8 Å². The fraction of sp³-hybridized carbons (Fsp3) is 0.842. The molecular weight excluding hydrogens is 487 g/mol. The lowest BCUT2D eigenvalue weighted by atomic mass is 10.1. The highest BCUT2D eigenvalue weighted by Gasteiger charge is 2.24. The van der Waals surface area contributed by atoms with E-state index in [1.807, 2.05) is 11.8 Å². The van der Waals surface area contributed by atoms with Gasteiger partial charge in [0.25, 0.3) is 0 Å². The summed E-state index contributed by atoms with van der Waals surface area (Å²) < 4.78 is 4.92. The van der Waals surface area contributed by atoms with Crippen LogP contribution in [0, 0.1) is 0 Å². The molecule has 2 aliphatic rings. The van der Waals surface area contributed by atoms with Crippen molar-refractivity contribution in [2.45, 2.75) is 26.2 Å². The zero-order chi connectivity index (χ0) is 20.2. The molecule has 2 fully saturated rings. The number of hydrogen-bond acceptors (Lipinski definition) is 5. The van der Waals surface area contributed by atoms with Gasteiger partial charge in [-0.1, -0.05) is 0 Å². The van der Waals surface area contributed by atoms with Crippen molar-refractivity contribution in [3.63, 3.8) is 0 Å². The molecule has 2 amide bonds. The van der Waals surface area contributed by atoms with Crippen LogP contribution in [0.15, 0.2) is 4.99 Å². The first kappa shape index (κ1) is 25.9. The number of ether oxygens (including phenoxy) is 1. The van der Waals surface area contributed by atoms with Crippen LogP contribution in [0.25, 0.3) is 0 Å². The predicted octanol–water partition coefficient (Wildman–Crippen LogP) is -0.0374. The van der Waals surface area contributed by atoms with E-state index in [9.17, 15) is 9.59 Å². The molecule has 0 aromatic rings. The number of aliphatic imine (C=N–C) groups is 1. The second-order valence-corrected chi connectivity index (χ2v) is 7.22. The lowest BCUT2D eigenvalue weighted by Gasteiger charge is -2.37. The minimum absolute atomic E-state index is 0. The summed E-state index contributed by atoms with van der Waals surface area (Å²) in [5.74, 6) is 0.895. The molecule has 168 valence electrons. The van der Waals surface area contributed by atoms with Crippen molar-refractivity contribution in [1.82, 2.24) is 25.3 Å². The summed E-state index contributed by atoms with van der Waals surface area (Å²) in [6.45, 7) is 9.40. The van der Waals surface area contributed by atoms with Crippen LogP contribution >= 0.6 is 24.0 Å². The molecule has 0 aromatic carbocycles. The maximum absolute atomic E-state index is 12.5. The summed E-state index contributed by atoms with van der Waals surface area (Å²) in [5, 5.41) is 6.04. The second kappa shape index (κ2) is 14.8. The smallest absolute Gasteiger partial charge is 0.241 e. The van der Waals surface area contributed by atoms with Crippen LogP contribution in [0.3, 0.4) is 0 Å². The first-order valence-corrected chi connectivity index (χ1v) is 10.4. The molecule has 2 aliphatic heterocycles. The van der Waals surface area contributed by atoms with E-state index in [0.717, 1.165) is 64.6 Å². The van der Waals surface area contributed by atoms with Crippen molar-refractivity contribution < 1.29 is 14.3 Å². The highest BCUT2D eigenvalue weighted by atomic mass is 127. The molecule has 10 heteroatoms. The Kier molecular flexibility index (Phi) is 13.2. The van der Waals surface area contributed by atoms with E-state index in [2.05, 4.69) is 25.4 Å². The maximum atomic E-state index is 12.5. The van der Waals surface area contributed by atoms with Crippen LogP contribution in [-0.4, -0.2) is 112 Å². The molecule has 0 radical (unpaired) electrons. The number of likely N-dealkylation sites (tertiary alicyclic amines) is 1. The highest BCUT2D eigenvalue weighted by molar-refractivity contribution is 14.0. The van der Waals surface area contributed by atoms with Crippen molar-refractivity contribution in [2.75, 3.05) is 79.2 Å². The Morgan fingerprint density at radius 1 is 0.966 bits per heavy atom. The molecule has 2 N–H and O–H groups in total. The molecular formula is C19H37IN6O3. The topological polar surface area (TPSA) is 89.5 Å². The molecule has 0 spiro atoms. The summed E-state index contributed by atoms with van der Waals surface area (Å²) in [4.78, 5) is 35.2. The molecule has 0 aromatic heterocycles. The van der Waals surface area contributed by atoms with Crippen LogP contribution in [0.2, 0.25) is 0 Å². The Morgan fingerprint density at radius 3 is 2.28 bits per heavy atom. The Labute approximate surface area is 191 Å². The number of amides is 2. The van der Waals surface area contributed by atoms with Gasteiger partial charge in [-0.25, -0.2) is 4.99 Å². The van der Waals surface area contributed by atoms with E-state index >= 15 is 0 Å². The van der Waals surface area contributed by atoms with Gasteiger partial charge in [0.1, 0.15) is 6.54 Å². The van der Waals surface area contributed by atoms with Gasteiger partial charge in [-0.15, -0.1) is 24.0 Å². The summed E-state index contributed by atoms with van der Waals surface area (Å²) >= 11 is 0. The van der Waals surface area contributed by atoms with Gasteiger partial charge in [0.15, 0.2) is 5.96 Å². The summed E-state index contributed by atoms with van der Waals surface area (Å²) in [6, 6.07) is 0. The Balaban J connectivity index is 0.00000420. The number of nitrogens with one attached hydrogen (secondary N) is 2. The first-order chi connectivity index (χ1) is 13.6. The van der Waals surface area contributed by atoms with E-state index in [1.165, 1.54) is 6.42 Å². The number of piperazine rings is 1. The zero-order valence-corrected chi connectivity index (χ0v) is 20.2. The molecule has 2 saturated heterocycles. The Morgan fingerprint density at radius 2 is 1.66 bits per heavy atom. The van der Waals surface area contributed by atoms with E-state index in [4.69, 9.17) is 4.74 Å². The first-order valence-electron chi connectivity index (χ1n) is 10.4. The third-order valence-electron chi connectivity index (χ3n) is 5.08. The SMILES string of the molecule is CCNC(=NCC(=O)NCCOC)N1CCN(CC(=O)N2CCCCC2)CC1.I. The molecule has 0 unspecified atom stereocenters. The van der Waals surface area contributed by atoms with E-state index in [-0.39, 0.29) is 42.3 Å². The minimum Gasteiger partial charge on any atom is -0.383 e. The molecule has 0 saturated carbocycles. The Bertz CT molecular complexity index is 520. The van der Waals surface area contributed by atoms with Crippen LogP contribution in [0.5, 0.6) is 0 Å². The average Bonchev–Trinajstić information content (AvgIpc) is 2.72. The maximum Gasteiger partial charge on any atom is 0.241 e. The summed E-state index contributed by atoms with van der Waals surface area (Å²) in [7, 11) is 1.60. The van der Waals surface area contributed by atoms with Crippen molar-refractivity contribution in [3.8, 4) is 0 Å². The molecule has 0 atom stereocenters. The largest absolute Gasteiger partial charge is 0.383 e. The summed E-state index contributed by atoms with van der Waals surface area (Å²) in [6.07, 6.45) is 3.49. The molecule has 9 nitrogen and oxygen atoms in total. The summed E-state index contributed by atoms with van der Waals surface area (Å²) in [5.41, 5.74) is 0. The number of rotatable bonds is 8. The number of carbonyl (C=O) groups excluding carboxylic acids is 2. The van der Waals surface area contributed by atoms with Crippen LogP contribution in [-0.2, 0) is 14.3 Å². The number of methoxy groups -OCH3 is 1. The number of guanidine groups is 1. The molecule has 0 aliphatic carbocycles. The van der Waals surface area contributed by atoms with Gasteiger partial charge >= 0.3 is 0 Å². The quantitative estimate of drug-likeness (QED) is 0.201. The van der Waals surface area contributed by atoms with Crippen LogP contribution in [0.4, 0.5) is 0 Å². The lowest BCUT2D eigenvalue weighted by molar-refractivity contribution is -0.133. The van der Waals surface area contributed by atoms with Crippen molar-refractivity contribution in [2.24, 2.45) is 4.99 Å². The van der Waals surface area contributed by atoms with Gasteiger partial charge in [0.2, 0.25) is 11.8 Å². The Hall–Kier alpha value is -1.14. The van der Waals surface area contributed by atoms with Gasteiger partial charge in [0.05, 0.1) is 13.2 Å². The number of carbonyl (C=O) groups is 2. The number of nitrogens with zero attached hydrogens (tertiary/aromatic N) is 4. The van der Waals surface area contributed by atoms with Gasteiger partial charge in [-0.05, 0) is 26.2 Å². The molecule has 2 heterocycles. The van der Waals surface area contributed by atoms with Crippen LogP contribution in [0.1, 0.15) is 26.2 Å². The van der Waals surface area contributed by atoms with E-state index in [0.29, 0.717) is 19.7 Å². The zero-order valence-electron chi connectivity index (χ0n) is 17.8. The third-order valence-corrected chi connectivity index (χ3v) is 5.08. The number of hydrogen-bond donors (Lipinski definition) is 2. The molecule has 29 heavy (non-hydrogen) atoms. The third kappa shape index (κ3) is 9.47. The van der Waals surface area contributed by atoms with Crippen molar-refractivity contribution in [1.29, 1.82) is 0 Å². The van der Waals surface area contributed by atoms with Crippen molar-refractivity contribution in [3.05, 3.63) is 0 Å². The van der Waals surface area contributed by atoms with Gasteiger partial charge in [-0.2, -0.15) is 0 Å². The average molecular weight is 524 g/mol. The highest BCUT2D eigenvalue weighted by Crippen LogP contribution is 2.10. The fourth-order valence-electron chi connectivity index (χ4n) is 3.47. The fourth-order valence-corrected chi connectivity index (χ4v) is 3.47. The normalized spacial score (nSPS) is 18.2. The molecule has 2 rings (SSSR count). The van der Waals surface area contributed by atoms with E-state index in [1.54, 1.807) is 7.11 Å². The standard InChI is InChI=1S/C19H36N6O3.HI/c1-3-20-19(22-15-17(26)21-7-14-28-2)25-12-10-23(11-13-25)16-18(27)24-8-5-4-6-9-24;/h3-16H2,1-2H3,(H,20,22)(H,21,26);1H.